The summed E-state index contributed by atoms with van der Waals surface area (Å²) in [6.07, 6.45) is -0.316. The molecule has 2 aromatic rings. The molecule has 1 aliphatic rings. The number of hydrazine groups is 1. The van der Waals surface area contributed by atoms with Crippen LogP contribution in [0.15, 0.2) is 36.4 Å². The molecule has 5 N–H and O–H groups in total. The zero-order chi connectivity index (χ0) is 24.3. The minimum Gasteiger partial charge on any atom is -0.326 e. The highest BCUT2D eigenvalue weighted by Gasteiger charge is 2.41. The minimum atomic E-state index is -4.10. The van der Waals surface area contributed by atoms with Crippen molar-refractivity contribution in [3.63, 3.8) is 0 Å². The average Bonchev–Trinajstić information content (AvgIpc) is 3.10. The summed E-state index contributed by atoms with van der Waals surface area (Å²) in [6, 6.07) is 6.29. The maximum atomic E-state index is 13.3. The van der Waals surface area contributed by atoms with Crippen molar-refractivity contribution in [2.45, 2.75) is 37.7 Å². The highest BCUT2D eigenvalue weighted by molar-refractivity contribution is 7.93. The third kappa shape index (κ3) is 6.19. The van der Waals surface area contributed by atoms with Crippen LogP contribution in [0.1, 0.15) is 18.1 Å². The van der Waals surface area contributed by atoms with Crippen LogP contribution in [0.3, 0.4) is 0 Å². The topological polar surface area (TPSA) is 117 Å². The van der Waals surface area contributed by atoms with E-state index in [0.29, 0.717) is 16.6 Å². The van der Waals surface area contributed by atoms with Gasteiger partial charge in [-0.25, -0.2) is 22.6 Å². The molecule has 33 heavy (non-hydrogen) atoms. The van der Waals surface area contributed by atoms with Crippen LogP contribution in [0, 0.1) is 11.6 Å². The Labute approximate surface area is 188 Å². The molecule has 0 aromatic heterocycles. The summed E-state index contributed by atoms with van der Waals surface area (Å²) in [5, 5.41) is 1.91. The van der Waals surface area contributed by atoms with Crippen molar-refractivity contribution in [1.82, 2.24) is 10.4 Å². The molecule has 0 radical (unpaired) electrons. The Kier molecular flexibility index (Phi) is 7.57. The van der Waals surface area contributed by atoms with Gasteiger partial charge < -0.3 is 11.1 Å². The molecule has 0 aliphatic carbocycles. The molecule has 1 aliphatic heterocycles. The highest BCUT2D eigenvalue weighted by Crippen LogP contribution is 2.26. The van der Waals surface area contributed by atoms with Crippen LogP contribution in [0.4, 0.5) is 28.9 Å². The Balaban J connectivity index is 1.76. The Bertz CT molecular complexity index is 1110. The molecule has 1 fully saturated rings. The van der Waals surface area contributed by atoms with E-state index in [1.807, 2.05) is 0 Å². The number of benzene rings is 2. The second-order valence-corrected chi connectivity index (χ2v) is 9.51. The van der Waals surface area contributed by atoms with Gasteiger partial charge >= 0.3 is 6.55 Å². The van der Waals surface area contributed by atoms with E-state index in [1.165, 1.54) is 25.1 Å². The molecule has 0 bridgehead atoms. The molecular weight excluding hydrogens is 466 g/mol. The first-order valence-electron chi connectivity index (χ1n) is 9.89. The van der Waals surface area contributed by atoms with Crippen molar-refractivity contribution in [3.05, 3.63) is 59.2 Å². The molecule has 2 unspecified atom stereocenters. The summed E-state index contributed by atoms with van der Waals surface area (Å²) >= 11 is 0. The van der Waals surface area contributed by atoms with Crippen LogP contribution in [0.2, 0.25) is 0 Å². The summed E-state index contributed by atoms with van der Waals surface area (Å²) in [5.74, 6) is -2.22. The van der Waals surface area contributed by atoms with Gasteiger partial charge in [-0.2, -0.15) is 13.8 Å². The molecule has 13 heteroatoms. The fourth-order valence-corrected chi connectivity index (χ4v) is 5.12. The molecule has 1 amide bonds. The molecule has 3 rings (SSSR count). The fourth-order valence-electron chi connectivity index (χ4n) is 3.51. The summed E-state index contributed by atoms with van der Waals surface area (Å²) in [6.45, 7) is -1.84. The van der Waals surface area contributed by atoms with Crippen LogP contribution >= 0.6 is 0 Å². The normalized spacial score (nSPS) is 19.1. The number of hydrogen-bond acceptors (Lipinski definition) is 6. The van der Waals surface area contributed by atoms with Gasteiger partial charge in [0.15, 0.2) is 0 Å². The monoisotopic (exact) mass is 489 g/mol. The van der Waals surface area contributed by atoms with E-state index in [9.17, 15) is 30.8 Å². The SMILES string of the molecule is CC1NN(C(F)F)CC1S(=O)(=O)Nc1cc(NC(=O)Cc2cc(F)cc(F)c2)ccc1CN. The van der Waals surface area contributed by atoms with Crippen LogP contribution in [-0.2, 0) is 27.8 Å². The number of halogens is 4. The van der Waals surface area contributed by atoms with Crippen LogP contribution in [0.5, 0.6) is 0 Å². The largest absolute Gasteiger partial charge is 0.326 e. The van der Waals surface area contributed by atoms with Crippen molar-refractivity contribution in [1.29, 1.82) is 0 Å². The summed E-state index contributed by atoms with van der Waals surface area (Å²) in [4.78, 5) is 12.3. The lowest BCUT2D eigenvalue weighted by Crippen LogP contribution is -2.39. The predicted octanol–water partition coefficient (Wildman–Crippen LogP) is 2.15. The number of sulfonamides is 1. The number of carbonyl (C=O) groups excluding carboxylic acids is 1. The van der Waals surface area contributed by atoms with E-state index < -0.39 is 52.0 Å². The van der Waals surface area contributed by atoms with Gasteiger partial charge in [0.05, 0.1) is 12.1 Å². The van der Waals surface area contributed by atoms with Crippen molar-refractivity contribution < 1.29 is 30.8 Å². The van der Waals surface area contributed by atoms with E-state index in [2.05, 4.69) is 15.5 Å². The number of anilines is 2. The van der Waals surface area contributed by atoms with E-state index >= 15 is 0 Å². The predicted molar refractivity (Wildman–Crippen MR) is 115 cm³/mol. The number of carbonyl (C=O) groups is 1. The van der Waals surface area contributed by atoms with Gasteiger partial charge in [0, 0.05) is 30.9 Å². The molecule has 0 spiro atoms. The lowest BCUT2D eigenvalue weighted by molar-refractivity contribution is -0.115. The van der Waals surface area contributed by atoms with Crippen molar-refractivity contribution in [3.8, 4) is 0 Å². The van der Waals surface area contributed by atoms with E-state index in [0.717, 1.165) is 12.1 Å². The van der Waals surface area contributed by atoms with Gasteiger partial charge in [-0.05, 0) is 42.3 Å². The molecular formula is C20H23F4N5O3S. The minimum absolute atomic E-state index is 0.0315. The number of nitrogens with one attached hydrogen (secondary N) is 3. The van der Waals surface area contributed by atoms with Crippen molar-refractivity contribution in [2.75, 3.05) is 16.6 Å². The number of rotatable bonds is 8. The quantitative estimate of drug-likeness (QED) is 0.334. The maximum Gasteiger partial charge on any atom is 0.306 e. The smallest absolute Gasteiger partial charge is 0.306 e. The van der Waals surface area contributed by atoms with Gasteiger partial charge in [0.2, 0.25) is 15.9 Å². The van der Waals surface area contributed by atoms with Crippen LogP contribution < -0.4 is 21.2 Å². The Morgan fingerprint density at radius 1 is 1.21 bits per heavy atom. The van der Waals surface area contributed by atoms with Gasteiger partial charge in [-0.3, -0.25) is 9.52 Å². The Morgan fingerprint density at radius 2 is 1.88 bits per heavy atom. The number of amides is 1. The van der Waals surface area contributed by atoms with Crippen LogP contribution in [0.25, 0.3) is 0 Å². The second-order valence-electron chi connectivity index (χ2n) is 7.61. The summed E-state index contributed by atoms with van der Waals surface area (Å²) < 4.78 is 80.7. The number of alkyl halides is 2. The number of nitrogens with zero attached hydrogens (tertiary/aromatic N) is 1. The standard InChI is InChI=1S/C20H23F4N5O3S/c1-11-18(10-29(27-11)20(23)24)33(31,32)28-17-8-16(3-2-13(17)9-25)26-19(30)6-12-4-14(21)7-15(22)5-12/h2-5,7-8,11,18,20,27-28H,6,9-10,25H2,1H3,(H,26,30). The third-order valence-electron chi connectivity index (χ3n) is 5.09. The van der Waals surface area contributed by atoms with E-state index in [4.69, 9.17) is 5.73 Å². The average molecular weight is 489 g/mol. The molecule has 1 heterocycles. The van der Waals surface area contributed by atoms with Crippen LogP contribution in [-0.4, -0.2) is 43.7 Å². The molecule has 1 saturated heterocycles. The van der Waals surface area contributed by atoms with Gasteiger partial charge in [0.1, 0.15) is 16.9 Å². The van der Waals surface area contributed by atoms with E-state index in [1.54, 1.807) is 0 Å². The second kappa shape index (κ2) is 10.0. The third-order valence-corrected chi connectivity index (χ3v) is 6.95. The van der Waals surface area contributed by atoms with Gasteiger partial charge in [-0.1, -0.05) is 6.07 Å². The maximum absolute atomic E-state index is 13.3. The Hall–Kier alpha value is -2.74. The van der Waals surface area contributed by atoms with Crippen molar-refractivity contribution >= 4 is 27.3 Å². The van der Waals surface area contributed by atoms with Gasteiger partial charge in [-0.15, -0.1) is 0 Å². The molecule has 2 aromatic carbocycles. The van der Waals surface area contributed by atoms with Gasteiger partial charge in [0.25, 0.3) is 0 Å². The molecule has 180 valence electrons. The summed E-state index contributed by atoms with van der Waals surface area (Å²) in [7, 11) is -4.10. The first kappa shape index (κ1) is 24.9. The summed E-state index contributed by atoms with van der Waals surface area (Å²) in [5.41, 5.74) is 8.92. The fraction of sp³-hybridized carbons (Fsp3) is 0.350. The molecule has 2 atom stereocenters. The molecule has 8 nitrogen and oxygen atoms in total. The first-order valence-corrected chi connectivity index (χ1v) is 11.4. The first-order chi connectivity index (χ1) is 15.5. The zero-order valence-corrected chi connectivity index (χ0v) is 18.3. The Morgan fingerprint density at radius 3 is 2.45 bits per heavy atom. The number of hydrogen-bond donors (Lipinski definition) is 4. The zero-order valence-electron chi connectivity index (χ0n) is 17.5. The lowest BCUT2D eigenvalue weighted by Gasteiger charge is -2.19. The van der Waals surface area contributed by atoms with E-state index in [-0.39, 0.29) is 29.9 Å². The molecule has 0 saturated carbocycles. The van der Waals surface area contributed by atoms with Crippen molar-refractivity contribution in [2.24, 2.45) is 5.73 Å². The number of nitrogens with two attached hydrogens (primary N) is 1. The highest BCUT2D eigenvalue weighted by atomic mass is 32.2. The lowest BCUT2D eigenvalue weighted by atomic mass is 10.1.